The number of ether oxygens (including phenoxy) is 1. The molecule has 0 heterocycles. The predicted molar refractivity (Wildman–Crippen MR) is 81.1 cm³/mol. The molecular formula is C17H13NO. The van der Waals surface area contributed by atoms with E-state index in [4.69, 9.17) is 10.5 Å². The molecule has 0 saturated heterocycles. The van der Waals surface area contributed by atoms with Gasteiger partial charge in [0.25, 0.3) is 0 Å². The molecule has 0 spiro atoms. The second kappa shape index (κ2) is 3.51. The molecule has 0 aliphatic rings. The van der Waals surface area contributed by atoms with E-state index in [1.54, 1.807) is 7.11 Å². The molecule has 0 amide bonds. The van der Waals surface area contributed by atoms with Gasteiger partial charge in [-0.25, -0.2) is 0 Å². The van der Waals surface area contributed by atoms with Gasteiger partial charge in [0.2, 0.25) is 0 Å². The minimum Gasteiger partial charge on any atom is -0.496 e. The molecule has 0 aliphatic heterocycles. The van der Waals surface area contributed by atoms with Gasteiger partial charge in [-0.1, -0.05) is 24.3 Å². The van der Waals surface area contributed by atoms with Crippen LogP contribution >= 0.6 is 0 Å². The normalized spacial score (nSPS) is 11.6. The van der Waals surface area contributed by atoms with Crippen LogP contribution in [0.3, 0.4) is 0 Å². The predicted octanol–water partition coefficient (Wildman–Crippen LogP) is 4.17. The monoisotopic (exact) mass is 247 g/mol. The molecule has 2 nitrogen and oxygen atoms in total. The standard InChI is InChI=1S/C17H13NO/c1-19-15-7-5-10-2-3-11-8-13(18)9-12-4-6-14(15)17(10)16(11)12/h2-9H,18H2,1H3. The van der Waals surface area contributed by atoms with E-state index >= 15 is 0 Å². The molecule has 19 heavy (non-hydrogen) atoms. The van der Waals surface area contributed by atoms with E-state index < -0.39 is 0 Å². The van der Waals surface area contributed by atoms with Crippen molar-refractivity contribution in [1.29, 1.82) is 0 Å². The molecule has 2 heteroatoms. The summed E-state index contributed by atoms with van der Waals surface area (Å²) < 4.78 is 5.47. The lowest BCUT2D eigenvalue weighted by Crippen LogP contribution is -1.90. The molecule has 2 N–H and O–H groups in total. The van der Waals surface area contributed by atoms with Crippen LogP contribution in [-0.2, 0) is 0 Å². The van der Waals surface area contributed by atoms with Gasteiger partial charge in [-0.3, -0.25) is 0 Å². The van der Waals surface area contributed by atoms with Crippen LogP contribution in [0.5, 0.6) is 5.75 Å². The van der Waals surface area contributed by atoms with Crippen LogP contribution < -0.4 is 10.5 Å². The van der Waals surface area contributed by atoms with Crippen LogP contribution in [0.4, 0.5) is 5.69 Å². The Kier molecular flexibility index (Phi) is 1.93. The fourth-order valence-electron chi connectivity index (χ4n) is 2.99. The number of hydrogen-bond donors (Lipinski definition) is 1. The molecule has 0 saturated carbocycles. The Bertz CT molecular complexity index is 892. The van der Waals surface area contributed by atoms with Crippen LogP contribution in [0, 0.1) is 0 Å². The molecule has 0 bridgehead atoms. The number of nitrogen functional groups attached to an aromatic ring is 1. The average molecular weight is 247 g/mol. The maximum absolute atomic E-state index is 5.96. The third-order valence-electron chi connectivity index (χ3n) is 3.80. The van der Waals surface area contributed by atoms with Crippen LogP contribution in [0.15, 0.2) is 48.5 Å². The van der Waals surface area contributed by atoms with Gasteiger partial charge in [0.1, 0.15) is 5.75 Å². The lowest BCUT2D eigenvalue weighted by molar-refractivity contribution is 0.420. The molecule has 0 aromatic heterocycles. The summed E-state index contributed by atoms with van der Waals surface area (Å²) in [5.74, 6) is 0.915. The van der Waals surface area contributed by atoms with Gasteiger partial charge < -0.3 is 10.5 Å². The Morgan fingerprint density at radius 2 is 1.42 bits per heavy atom. The summed E-state index contributed by atoms with van der Waals surface area (Å²) >= 11 is 0. The quantitative estimate of drug-likeness (QED) is 0.404. The summed E-state index contributed by atoms with van der Waals surface area (Å²) in [6, 6.07) is 16.7. The second-order valence-corrected chi connectivity index (χ2v) is 4.89. The van der Waals surface area contributed by atoms with Crippen molar-refractivity contribution in [3.63, 3.8) is 0 Å². The van der Waals surface area contributed by atoms with E-state index in [0.717, 1.165) is 16.8 Å². The minimum absolute atomic E-state index is 0.804. The Hall–Kier alpha value is -2.48. The molecule has 4 aromatic carbocycles. The highest BCUT2D eigenvalue weighted by Crippen LogP contribution is 2.39. The third-order valence-corrected chi connectivity index (χ3v) is 3.80. The molecule has 0 fully saturated rings. The number of rotatable bonds is 1. The number of anilines is 1. The zero-order valence-corrected chi connectivity index (χ0v) is 10.6. The Balaban J connectivity index is 2.36. The van der Waals surface area contributed by atoms with Gasteiger partial charge in [-0.2, -0.15) is 0 Å². The SMILES string of the molecule is COc1ccc2ccc3cc(N)cc4ccc1c2c34. The van der Waals surface area contributed by atoms with Crippen molar-refractivity contribution < 1.29 is 4.74 Å². The van der Waals surface area contributed by atoms with Crippen LogP contribution in [0.1, 0.15) is 0 Å². The number of hydrogen-bond acceptors (Lipinski definition) is 2. The minimum atomic E-state index is 0.804. The zero-order chi connectivity index (χ0) is 13.0. The summed E-state index contributed by atoms with van der Waals surface area (Å²) in [7, 11) is 1.71. The number of nitrogens with two attached hydrogens (primary N) is 1. The highest BCUT2D eigenvalue weighted by Gasteiger charge is 2.11. The Morgan fingerprint density at radius 1 is 0.789 bits per heavy atom. The third kappa shape index (κ3) is 1.31. The van der Waals surface area contributed by atoms with E-state index in [1.807, 2.05) is 18.2 Å². The van der Waals surface area contributed by atoms with Crippen molar-refractivity contribution in [3.8, 4) is 5.75 Å². The summed E-state index contributed by atoms with van der Waals surface area (Å²) in [6.45, 7) is 0. The smallest absolute Gasteiger partial charge is 0.126 e. The summed E-state index contributed by atoms with van der Waals surface area (Å²) in [4.78, 5) is 0. The first-order valence-corrected chi connectivity index (χ1v) is 6.29. The van der Waals surface area contributed by atoms with Crippen LogP contribution in [0.2, 0.25) is 0 Å². The van der Waals surface area contributed by atoms with Gasteiger partial charge in [0.05, 0.1) is 7.11 Å². The lowest BCUT2D eigenvalue weighted by atomic mass is 9.93. The van der Waals surface area contributed by atoms with E-state index in [1.165, 1.54) is 26.9 Å². The topological polar surface area (TPSA) is 35.2 Å². The van der Waals surface area contributed by atoms with Crippen molar-refractivity contribution in [2.75, 3.05) is 12.8 Å². The Labute approximate surface area is 110 Å². The highest BCUT2D eigenvalue weighted by atomic mass is 16.5. The molecule has 0 unspecified atom stereocenters. The van der Waals surface area contributed by atoms with Gasteiger partial charge in [-0.15, -0.1) is 0 Å². The van der Waals surface area contributed by atoms with Gasteiger partial charge >= 0.3 is 0 Å². The van der Waals surface area contributed by atoms with Gasteiger partial charge in [0.15, 0.2) is 0 Å². The largest absolute Gasteiger partial charge is 0.496 e. The maximum Gasteiger partial charge on any atom is 0.126 e. The van der Waals surface area contributed by atoms with Crippen molar-refractivity contribution in [3.05, 3.63) is 48.5 Å². The van der Waals surface area contributed by atoms with Gasteiger partial charge in [0, 0.05) is 16.5 Å². The molecule has 0 atom stereocenters. The molecule has 0 aliphatic carbocycles. The highest BCUT2D eigenvalue weighted by molar-refractivity contribution is 6.24. The summed E-state index contributed by atoms with van der Waals surface area (Å²) in [5.41, 5.74) is 6.77. The van der Waals surface area contributed by atoms with E-state index in [9.17, 15) is 0 Å². The first-order chi connectivity index (χ1) is 9.28. The zero-order valence-electron chi connectivity index (χ0n) is 10.6. The van der Waals surface area contributed by atoms with Gasteiger partial charge in [-0.05, 0) is 45.8 Å². The van der Waals surface area contributed by atoms with Crippen molar-refractivity contribution in [2.24, 2.45) is 0 Å². The number of benzene rings is 4. The van der Waals surface area contributed by atoms with E-state index in [0.29, 0.717) is 0 Å². The molecule has 4 rings (SSSR count). The molecule has 0 radical (unpaired) electrons. The Morgan fingerprint density at radius 3 is 2.16 bits per heavy atom. The van der Waals surface area contributed by atoms with Crippen molar-refractivity contribution in [2.45, 2.75) is 0 Å². The van der Waals surface area contributed by atoms with Crippen molar-refractivity contribution in [1.82, 2.24) is 0 Å². The van der Waals surface area contributed by atoms with Crippen LogP contribution in [0.25, 0.3) is 32.3 Å². The second-order valence-electron chi connectivity index (χ2n) is 4.89. The fraction of sp³-hybridized carbons (Fsp3) is 0.0588. The number of methoxy groups -OCH3 is 1. The molecule has 4 aromatic rings. The fourth-order valence-corrected chi connectivity index (χ4v) is 2.99. The van der Waals surface area contributed by atoms with Crippen LogP contribution in [-0.4, -0.2) is 7.11 Å². The van der Waals surface area contributed by atoms with E-state index in [-0.39, 0.29) is 0 Å². The first-order valence-electron chi connectivity index (χ1n) is 6.29. The van der Waals surface area contributed by atoms with E-state index in [2.05, 4.69) is 30.3 Å². The molecular weight excluding hydrogens is 234 g/mol. The lowest BCUT2D eigenvalue weighted by Gasteiger charge is -2.13. The molecule has 92 valence electrons. The average Bonchev–Trinajstić information content (AvgIpc) is 2.43. The maximum atomic E-state index is 5.96. The summed E-state index contributed by atoms with van der Waals surface area (Å²) in [6.07, 6.45) is 0. The first kappa shape index (κ1) is 10.4. The van der Waals surface area contributed by atoms with Crippen molar-refractivity contribution >= 4 is 38.0 Å². The summed E-state index contributed by atoms with van der Waals surface area (Å²) in [5, 5.41) is 7.28.